The van der Waals surface area contributed by atoms with Gasteiger partial charge in [0.05, 0.1) is 0 Å². The van der Waals surface area contributed by atoms with Crippen molar-refractivity contribution in [3.8, 4) is 0 Å². The average molecular weight is 392 g/mol. The summed E-state index contributed by atoms with van der Waals surface area (Å²) in [6.45, 7) is 7.15. The maximum atomic E-state index is 12.1. The molecule has 0 saturated carbocycles. The smallest absolute Gasteiger partial charge is 0.331 e. The number of aliphatic hydroxyl groups excluding tert-OH is 2. The first kappa shape index (κ1) is 23.9. The molecule has 2 N–H and O–H groups in total. The third kappa shape index (κ3) is 7.82. The van der Waals surface area contributed by atoms with Gasteiger partial charge in [-0.25, -0.2) is 9.59 Å². The summed E-state index contributed by atoms with van der Waals surface area (Å²) in [5.41, 5.74) is 0. The largest absolute Gasteiger partial charge is 0.458 e. The Balaban J connectivity index is 3.12. The van der Waals surface area contributed by atoms with Crippen molar-refractivity contribution in [2.24, 2.45) is 23.7 Å². The van der Waals surface area contributed by atoms with Crippen LogP contribution in [-0.4, -0.2) is 47.6 Å². The summed E-state index contributed by atoms with van der Waals surface area (Å²) in [5.74, 6) is -1.77. The molecule has 6 unspecified atom stereocenters. The van der Waals surface area contributed by atoms with Gasteiger partial charge in [0.15, 0.2) is 0 Å². The number of hydrogen-bond acceptors (Lipinski definition) is 6. The molecule has 6 atom stereocenters. The second-order valence-electron chi connectivity index (χ2n) is 7.33. The van der Waals surface area contributed by atoms with Crippen molar-refractivity contribution in [1.29, 1.82) is 0 Å². The summed E-state index contributed by atoms with van der Waals surface area (Å²) in [6, 6.07) is 0. The van der Waals surface area contributed by atoms with Gasteiger partial charge in [-0.2, -0.15) is 0 Å². The van der Waals surface area contributed by atoms with Crippen LogP contribution in [0.2, 0.25) is 0 Å². The molecular formula is C22H32O6. The Morgan fingerprint density at radius 2 is 1.14 bits per heavy atom. The third-order valence-corrected chi connectivity index (χ3v) is 4.75. The molecule has 0 aromatic rings. The van der Waals surface area contributed by atoms with Gasteiger partial charge in [0, 0.05) is 49.0 Å². The number of carbonyl (C=O) groups excluding carboxylic acids is 2. The lowest BCUT2D eigenvalue weighted by Crippen LogP contribution is -2.32. The zero-order chi connectivity index (χ0) is 21.1. The number of esters is 2. The highest BCUT2D eigenvalue weighted by Gasteiger charge is 2.26. The fraction of sp³-hybridized carbons (Fsp3) is 0.545. The van der Waals surface area contributed by atoms with E-state index in [9.17, 15) is 19.8 Å². The van der Waals surface area contributed by atoms with Crippen molar-refractivity contribution in [2.75, 3.05) is 13.2 Å². The van der Waals surface area contributed by atoms with E-state index in [1.807, 2.05) is 27.7 Å². The molecule has 0 radical (unpaired) electrons. The van der Waals surface area contributed by atoms with Crippen LogP contribution in [-0.2, 0) is 19.1 Å². The Bertz CT molecular complexity index is 565. The monoisotopic (exact) mass is 392 g/mol. The molecule has 1 rings (SSSR count). The Morgan fingerprint density at radius 1 is 0.786 bits per heavy atom. The maximum Gasteiger partial charge on any atom is 0.331 e. The van der Waals surface area contributed by atoms with Crippen LogP contribution in [0.3, 0.4) is 0 Å². The number of aliphatic hydroxyl groups is 2. The van der Waals surface area contributed by atoms with Gasteiger partial charge in [-0.15, -0.1) is 0 Å². The van der Waals surface area contributed by atoms with E-state index in [1.165, 1.54) is 12.2 Å². The zero-order valence-corrected chi connectivity index (χ0v) is 17.0. The minimum Gasteiger partial charge on any atom is -0.458 e. The van der Waals surface area contributed by atoms with E-state index >= 15 is 0 Å². The van der Waals surface area contributed by atoms with Crippen molar-refractivity contribution in [3.05, 3.63) is 48.6 Å². The van der Waals surface area contributed by atoms with Crippen molar-refractivity contribution in [2.45, 2.75) is 39.9 Å². The van der Waals surface area contributed by atoms with Crippen LogP contribution in [0.5, 0.6) is 0 Å². The average Bonchev–Trinajstić information content (AvgIpc) is 2.68. The van der Waals surface area contributed by atoms with E-state index in [-0.39, 0.29) is 36.9 Å². The van der Waals surface area contributed by atoms with Crippen molar-refractivity contribution < 1.29 is 29.3 Å². The summed E-state index contributed by atoms with van der Waals surface area (Å²) in [5, 5.41) is 18.9. The molecule has 0 fully saturated rings. The van der Waals surface area contributed by atoms with E-state index in [2.05, 4.69) is 0 Å². The number of rotatable bonds is 4. The summed E-state index contributed by atoms with van der Waals surface area (Å²) >= 11 is 0. The number of hydrogen-bond donors (Lipinski definition) is 2. The molecule has 0 aromatic heterocycles. The number of allylic oxidation sites excluding steroid dienone is 4. The van der Waals surface area contributed by atoms with Crippen LogP contribution in [0.15, 0.2) is 48.6 Å². The molecule has 0 aliphatic carbocycles. The molecule has 0 bridgehead atoms. The fourth-order valence-corrected chi connectivity index (χ4v) is 3.00. The van der Waals surface area contributed by atoms with Gasteiger partial charge in [-0.05, 0) is 0 Å². The van der Waals surface area contributed by atoms with Gasteiger partial charge in [0.1, 0.15) is 12.2 Å². The quantitative estimate of drug-likeness (QED) is 0.715. The zero-order valence-electron chi connectivity index (χ0n) is 17.0. The van der Waals surface area contributed by atoms with Crippen molar-refractivity contribution >= 4 is 11.9 Å². The molecule has 28 heavy (non-hydrogen) atoms. The lowest BCUT2D eigenvalue weighted by molar-refractivity contribution is -0.149. The highest BCUT2D eigenvalue weighted by atomic mass is 16.5. The van der Waals surface area contributed by atoms with Gasteiger partial charge in [0.25, 0.3) is 0 Å². The molecule has 0 saturated heterocycles. The fourth-order valence-electron chi connectivity index (χ4n) is 3.00. The lowest BCUT2D eigenvalue weighted by Gasteiger charge is -2.26. The Hall–Kier alpha value is -2.18. The Morgan fingerprint density at radius 3 is 1.46 bits per heavy atom. The SMILES string of the molecule is CC1/C=C\C=C\C(=O)OC(C(C)CO)C(C)/C=C/C=C\C(=O)OC1C(C)CO. The molecule has 156 valence electrons. The molecule has 0 aromatic carbocycles. The standard InChI is InChI=1S/C22H32O6/c1-15-9-5-7-11-20(26)28-22(18(4)14-24)16(2)10-6-8-12-19(25)27-21(15)17(3)13-23/h5-12,15-18,21-24H,13-14H2,1-4H3/b9-5-,10-6+,11-7+,12-8-. The van der Waals surface area contributed by atoms with E-state index in [4.69, 9.17) is 9.47 Å². The molecule has 6 nitrogen and oxygen atoms in total. The highest BCUT2D eigenvalue weighted by Crippen LogP contribution is 2.20. The van der Waals surface area contributed by atoms with E-state index in [0.29, 0.717) is 0 Å². The van der Waals surface area contributed by atoms with Gasteiger partial charge < -0.3 is 19.7 Å². The van der Waals surface area contributed by atoms with Crippen LogP contribution in [0, 0.1) is 23.7 Å². The predicted molar refractivity (Wildman–Crippen MR) is 107 cm³/mol. The molecule has 0 spiro atoms. The van der Waals surface area contributed by atoms with E-state index in [1.54, 1.807) is 36.5 Å². The lowest BCUT2D eigenvalue weighted by atomic mass is 9.93. The van der Waals surface area contributed by atoms with Crippen LogP contribution in [0.1, 0.15) is 27.7 Å². The van der Waals surface area contributed by atoms with Gasteiger partial charge >= 0.3 is 11.9 Å². The molecule has 0 amide bonds. The second-order valence-corrected chi connectivity index (χ2v) is 7.33. The molecule has 1 heterocycles. The van der Waals surface area contributed by atoms with Crippen molar-refractivity contribution in [3.63, 3.8) is 0 Å². The topological polar surface area (TPSA) is 93.1 Å². The van der Waals surface area contributed by atoms with Gasteiger partial charge in [-0.3, -0.25) is 0 Å². The summed E-state index contributed by atoms with van der Waals surface area (Å²) < 4.78 is 11.0. The van der Waals surface area contributed by atoms with E-state index in [0.717, 1.165) is 0 Å². The van der Waals surface area contributed by atoms with E-state index < -0.39 is 24.1 Å². The second kappa shape index (κ2) is 12.3. The van der Waals surface area contributed by atoms with Crippen LogP contribution >= 0.6 is 0 Å². The summed E-state index contributed by atoms with van der Waals surface area (Å²) in [4.78, 5) is 24.3. The van der Waals surface area contributed by atoms with Crippen LogP contribution < -0.4 is 0 Å². The number of ether oxygens (including phenoxy) is 2. The normalized spacial score (nSPS) is 33.8. The molecule has 6 heteroatoms. The van der Waals surface area contributed by atoms with Crippen molar-refractivity contribution in [1.82, 2.24) is 0 Å². The molecule has 1 aliphatic heterocycles. The Kier molecular flexibility index (Phi) is 10.5. The Labute approximate surface area is 167 Å². The predicted octanol–water partition coefficient (Wildman–Crippen LogP) is 2.58. The molecule has 1 aliphatic rings. The van der Waals surface area contributed by atoms with Crippen LogP contribution in [0.4, 0.5) is 0 Å². The van der Waals surface area contributed by atoms with Gasteiger partial charge in [0.2, 0.25) is 0 Å². The number of carbonyl (C=O) groups is 2. The van der Waals surface area contributed by atoms with Crippen LogP contribution in [0.25, 0.3) is 0 Å². The van der Waals surface area contributed by atoms with Gasteiger partial charge in [-0.1, -0.05) is 64.2 Å². The first-order valence-corrected chi connectivity index (χ1v) is 9.62. The number of cyclic esters (lactones) is 2. The third-order valence-electron chi connectivity index (χ3n) is 4.75. The summed E-state index contributed by atoms with van der Waals surface area (Å²) in [7, 11) is 0. The first-order valence-electron chi connectivity index (χ1n) is 9.62. The molecular weight excluding hydrogens is 360 g/mol. The highest BCUT2D eigenvalue weighted by molar-refractivity contribution is 5.83. The summed E-state index contributed by atoms with van der Waals surface area (Å²) in [6.07, 6.45) is 11.8. The first-order chi connectivity index (χ1) is 13.3. The maximum absolute atomic E-state index is 12.1. The minimum atomic E-state index is -0.496. The minimum absolute atomic E-state index is 0.107.